The Labute approximate surface area is 211 Å². The van der Waals surface area contributed by atoms with Gasteiger partial charge in [0, 0.05) is 61.8 Å². The number of piperazine rings is 1. The van der Waals surface area contributed by atoms with Gasteiger partial charge in [0.1, 0.15) is 36.2 Å². The molecule has 1 atom stereocenters. The van der Waals surface area contributed by atoms with Crippen LogP contribution in [0.15, 0.2) is 30.6 Å². The highest BCUT2D eigenvalue weighted by atomic mass is 16.5. The van der Waals surface area contributed by atoms with Gasteiger partial charge in [0.2, 0.25) is 5.88 Å². The molecule has 2 saturated heterocycles. The number of likely N-dealkylation sites (N-methyl/N-ethyl adjacent to an activating group) is 1. The second-order valence-electron chi connectivity index (χ2n) is 9.90. The summed E-state index contributed by atoms with van der Waals surface area (Å²) in [4.78, 5) is 21.0. The van der Waals surface area contributed by atoms with Crippen molar-refractivity contribution in [1.29, 1.82) is 5.26 Å². The molecule has 2 aromatic heterocycles. The van der Waals surface area contributed by atoms with Gasteiger partial charge in [0.15, 0.2) is 0 Å². The van der Waals surface area contributed by atoms with Crippen LogP contribution in [0.2, 0.25) is 0 Å². The number of pyridine rings is 1. The van der Waals surface area contributed by atoms with Crippen molar-refractivity contribution in [2.45, 2.75) is 31.8 Å². The molecule has 3 aliphatic rings. The van der Waals surface area contributed by atoms with E-state index in [0.717, 1.165) is 80.2 Å². The van der Waals surface area contributed by atoms with Crippen molar-refractivity contribution < 1.29 is 4.74 Å². The Morgan fingerprint density at radius 3 is 2.72 bits per heavy atom. The molecule has 6 rings (SSSR count). The predicted octanol–water partition coefficient (Wildman–Crippen LogP) is 2.34. The molecule has 3 aromatic rings. The zero-order valence-electron chi connectivity index (χ0n) is 20.8. The van der Waals surface area contributed by atoms with Gasteiger partial charge in [-0.1, -0.05) is 12.1 Å². The van der Waals surface area contributed by atoms with Crippen LogP contribution in [0, 0.1) is 11.3 Å². The molecule has 0 spiro atoms. The molecule has 5 heterocycles. The number of ether oxygens (including phenoxy) is 1. The maximum atomic E-state index is 10.3. The minimum atomic E-state index is 0.362. The minimum absolute atomic E-state index is 0.362. The van der Waals surface area contributed by atoms with Gasteiger partial charge in [-0.05, 0) is 45.0 Å². The fraction of sp³-hybridized carbons (Fsp3) is 0.481. The van der Waals surface area contributed by atoms with Crippen LogP contribution in [-0.2, 0) is 13.0 Å². The van der Waals surface area contributed by atoms with E-state index in [2.05, 4.69) is 49.2 Å². The molecule has 1 aromatic carbocycles. The van der Waals surface area contributed by atoms with Gasteiger partial charge < -0.3 is 24.8 Å². The average Bonchev–Trinajstić information content (AvgIpc) is 3.35. The third-order valence-electron chi connectivity index (χ3n) is 7.77. The summed E-state index contributed by atoms with van der Waals surface area (Å²) in [7, 11) is 2.14. The number of hydrogen-bond donors (Lipinski definition) is 1. The van der Waals surface area contributed by atoms with E-state index in [-0.39, 0.29) is 0 Å². The fourth-order valence-electron chi connectivity index (χ4n) is 5.73. The largest absolute Gasteiger partial charge is 0.475 e. The highest BCUT2D eigenvalue weighted by molar-refractivity contribution is 5.89. The van der Waals surface area contributed by atoms with Crippen LogP contribution >= 0.6 is 0 Å². The van der Waals surface area contributed by atoms with Crippen LogP contribution in [0.5, 0.6) is 5.88 Å². The van der Waals surface area contributed by atoms with Gasteiger partial charge in [0.05, 0.1) is 5.52 Å². The lowest BCUT2D eigenvalue weighted by Gasteiger charge is -2.36. The Morgan fingerprint density at radius 1 is 1.06 bits per heavy atom. The third kappa shape index (κ3) is 4.21. The number of nitrogens with zero attached hydrogens (tertiary/aromatic N) is 7. The maximum absolute atomic E-state index is 10.3. The van der Waals surface area contributed by atoms with Crippen LogP contribution in [-0.4, -0.2) is 78.8 Å². The molecule has 0 radical (unpaired) electrons. The quantitative estimate of drug-likeness (QED) is 0.586. The molecule has 0 aliphatic carbocycles. The molecule has 1 N–H and O–H groups in total. The lowest BCUT2D eigenvalue weighted by molar-refractivity contribution is 0.193. The first-order valence-electron chi connectivity index (χ1n) is 12.9. The zero-order valence-corrected chi connectivity index (χ0v) is 20.8. The summed E-state index contributed by atoms with van der Waals surface area (Å²) in [5, 5.41) is 14.8. The van der Waals surface area contributed by atoms with E-state index < -0.39 is 0 Å². The monoisotopic (exact) mass is 484 g/mol. The van der Waals surface area contributed by atoms with Crippen LogP contribution < -0.4 is 19.9 Å². The second kappa shape index (κ2) is 9.88. The molecule has 186 valence electrons. The Kier molecular flexibility index (Phi) is 6.30. The van der Waals surface area contributed by atoms with Crippen LogP contribution in [0.1, 0.15) is 29.5 Å². The van der Waals surface area contributed by atoms with Crippen LogP contribution in [0.25, 0.3) is 10.9 Å². The summed E-state index contributed by atoms with van der Waals surface area (Å²) in [6.45, 7) is 6.71. The molecule has 9 nitrogen and oxygen atoms in total. The number of anilines is 2. The first-order chi connectivity index (χ1) is 17.7. The summed E-state index contributed by atoms with van der Waals surface area (Å²) in [6, 6.07) is 10.9. The molecule has 0 amide bonds. The summed E-state index contributed by atoms with van der Waals surface area (Å²) in [5.41, 5.74) is 3.68. The first kappa shape index (κ1) is 23.0. The highest BCUT2D eigenvalue weighted by Gasteiger charge is 2.31. The van der Waals surface area contributed by atoms with Crippen LogP contribution in [0.3, 0.4) is 0 Å². The first-order valence-corrected chi connectivity index (χ1v) is 12.9. The number of aromatic nitrogens is 3. The van der Waals surface area contributed by atoms with Gasteiger partial charge in [-0.15, -0.1) is 0 Å². The molecule has 0 saturated carbocycles. The molecular formula is C27H32N8O. The lowest BCUT2D eigenvalue weighted by Crippen LogP contribution is -2.45. The molecule has 3 aliphatic heterocycles. The fourth-order valence-corrected chi connectivity index (χ4v) is 5.73. The minimum Gasteiger partial charge on any atom is -0.475 e. The van der Waals surface area contributed by atoms with E-state index in [1.54, 1.807) is 6.33 Å². The highest BCUT2D eigenvalue weighted by Crippen LogP contribution is 2.37. The van der Waals surface area contributed by atoms with E-state index in [1.807, 2.05) is 18.2 Å². The van der Waals surface area contributed by atoms with Gasteiger partial charge in [-0.25, -0.2) is 9.97 Å². The number of fused-ring (bicyclic) bond motifs is 2. The predicted molar refractivity (Wildman–Crippen MR) is 139 cm³/mol. The van der Waals surface area contributed by atoms with Gasteiger partial charge >= 0.3 is 0 Å². The molecular weight excluding hydrogens is 452 g/mol. The topological polar surface area (TPSA) is 93.4 Å². The average molecular weight is 485 g/mol. The molecule has 0 bridgehead atoms. The van der Waals surface area contributed by atoms with E-state index >= 15 is 0 Å². The summed E-state index contributed by atoms with van der Waals surface area (Å²) >= 11 is 0. The molecule has 2 fully saturated rings. The van der Waals surface area contributed by atoms with E-state index in [1.165, 1.54) is 12.0 Å². The number of benzene rings is 1. The van der Waals surface area contributed by atoms with Gasteiger partial charge in [-0.2, -0.15) is 10.2 Å². The smallest absolute Gasteiger partial charge is 0.234 e. The number of likely N-dealkylation sites (tertiary alicyclic amines) is 1. The van der Waals surface area contributed by atoms with Crippen molar-refractivity contribution in [2.75, 3.05) is 62.7 Å². The van der Waals surface area contributed by atoms with Crippen molar-refractivity contribution in [3.05, 3.63) is 47.3 Å². The number of rotatable bonds is 5. The van der Waals surface area contributed by atoms with Crippen LogP contribution in [0.4, 0.5) is 11.6 Å². The Balaban J connectivity index is 1.39. The Bertz CT molecular complexity index is 1290. The number of para-hydroxylation sites is 1. The van der Waals surface area contributed by atoms with Crippen molar-refractivity contribution in [3.63, 3.8) is 0 Å². The lowest BCUT2D eigenvalue weighted by atomic mass is 9.95. The van der Waals surface area contributed by atoms with Crippen molar-refractivity contribution >= 4 is 22.5 Å². The zero-order chi connectivity index (χ0) is 24.5. The molecule has 0 unspecified atom stereocenters. The molecule has 36 heavy (non-hydrogen) atoms. The normalized spacial score (nSPS) is 20.4. The summed E-state index contributed by atoms with van der Waals surface area (Å²) in [6.07, 6.45) is 4.73. The van der Waals surface area contributed by atoms with Crippen molar-refractivity contribution in [2.24, 2.45) is 0 Å². The van der Waals surface area contributed by atoms with Gasteiger partial charge in [-0.3, -0.25) is 0 Å². The molecule has 9 heteroatoms. The van der Waals surface area contributed by atoms with Crippen molar-refractivity contribution in [3.8, 4) is 11.9 Å². The Morgan fingerprint density at radius 2 is 1.92 bits per heavy atom. The maximum Gasteiger partial charge on any atom is 0.234 e. The van der Waals surface area contributed by atoms with E-state index in [4.69, 9.17) is 9.72 Å². The van der Waals surface area contributed by atoms with Crippen molar-refractivity contribution in [1.82, 2.24) is 25.2 Å². The van der Waals surface area contributed by atoms with E-state index in [0.29, 0.717) is 30.6 Å². The van der Waals surface area contributed by atoms with Gasteiger partial charge in [0.25, 0.3) is 0 Å². The summed E-state index contributed by atoms with van der Waals surface area (Å²) in [5.74, 6) is 2.36. The third-order valence-corrected chi connectivity index (χ3v) is 7.77. The Hall–Kier alpha value is -3.48. The number of nitrogens with one attached hydrogen (secondary N) is 1. The number of nitriles is 1. The second-order valence-corrected chi connectivity index (χ2v) is 9.90. The standard InChI is InChI=1S/C27H32N8O/c1-33-11-4-5-19(33)17-36-27-22(15-28)23-16-35(25-21-6-2-3-7-24(21)30-18-31-25)12-8-20(23)26(32-27)34-13-9-29-10-14-34/h2-3,6-7,18-19,29H,4-5,8-14,16-17H2,1H3/t19-/m0/s1. The SMILES string of the molecule is CN1CCC[C@H]1COc1nc(N2CCNCC2)c2c(c1C#N)CN(c1ncnc3ccccc13)CC2. The summed E-state index contributed by atoms with van der Waals surface area (Å²) < 4.78 is 6.33. The number of hydrogen-bond acceptors (Lipinski definition) is 9. The van der Waals surface area contributed by atoms with E-state index in [9.17, 15) is 5.26 Å².